The molecule has 1 aliphatic carbocycles. The minimum absolute atomic E-state index is 0.410. The van der Waals surface area contributed by atoms with Crippen molar-refractivity contribution in [1.82, 2.24) is 24.9 Å². The standard InChI is InChI=1S/C18H20ClN5OS/c1-2-15-20-16(25-23-15)11-26-18-22-21-17(13-9-5-6-10-14(13)19)24(18)12-7-3-4-8-12/h5-6,9-10,12H,2-4,7-8,11H2,1H3. The average Bonchev–Trinajstić information content (AvgIpc) is 3.40. The smallest absolute Gasteiger partial charge is 0.237 e. The van der Waals surface area contributed by atoms with Crippen LogP contribution in [0.3, 0.4) is 0 Å². The Morgan fingerprint density at radius 2 is 2.04 bits per heavy atom. The second kappa shape index (κ2) is 7.80. The van der Waals surface area contributed by atoms with Gasteiger partial charge in [-0.2, -0.15) is 4.98 Å². The second-order valence-electron chi connectivity index (χ2n) is 6.34. The lowest BCUT2D eigenvalue weighted by atomic mass is 10.2. The fraction of sp³-hybridized carbons (Fsp3) is 0.444. The molecule has 0 N–H and O–H groups in total. The van der Waals surface area contributed by atoms with Crippen LogP contribution in [0, 0.1) is 0 Å². The number of hydrogen-bond acceptors (Lipinski definition) is 6. The Balaban J connectivity index is 1.65. The van der Waals surface area contributed by atoms with E-state index in [1.165, 1.54) is 12.8 Å². The molecule has 0 atom stereocenters. The van der Waals surface area contributed by atoms with Crippen molar-refractivity contribution in [2.75, 3.05) is 0 Å². The van der Waals surface area contributed by atoms with Gasteiger partial charge in [-0.3, -0.25) is 4.57 Å². The normalized spacial score (nSPS) is 15.0. The maximum atomic E-state index is 6.42. The third-order valence-corrected chi connectivity index (χ3v) is 5.88. The molecule has 4 rings (SSSR count). The Bertz CT molecular complexity index is 887. The van der Waals surface area contributed by atoms with Crippen LogP contribution < -0.4 is 0 Å². The molecule has 0 aliphatic heterocycles. The van der Waals surface area contributed by atoms with Gasteiger partial charge in [-0.15, -0.1) is 10.2 Å². The van der Waals surface area contributed by atoms with E-state index in [1.807, 2.05) is 31.2 Å². The average molecular weight is 390 g/mol. The maximum absolute atomic E-state index is 6.42. The predicted octanol–water partition coefficient (Wildman–Crippen LogP) is 4.95. The van der Waals surface area contributed by atoms with E-state index >= 15 is 0 Å². The molecule has 1 saturated carbocycles. The van der Waals surface area contributed by atoms with E-state index in [-0.39, 0.29) is 0 Å². The first-order valence-electron chi connectivity index (χ1n) is 8.90. The summed E-state index contributed by atoms with van der Waals surface area (Å²) in [4.78, 5) is 4.37. The van der Waals surface area contributed by atoms with Crippen molar-refractivity contribution < 1.29 is 4.52 Å². The predicted molar refractivity (Wildman–Crippen MR) is 101 cm³/mol. The minimum Gasteiger partial charge on any atom is -0.338 e. The van der Waals surface area contributed by atoms with Gasteiger partial charge in [-0.05, 0) is 25.0 Å². The first-order chi connectivity index (χ1) is 12.8. The molecule has 0 saturated heterocycles. The summed E-state index contributed by atoms with van der Waals surface area (Å²) >= 11 is 8.00. The summed E-state index contributed by atoms with van der Waals surface area (Å²) < 4.78 is 7.54. The van der Waals surface area contributed by atoms with Crippen LogP contribution in [-0.2, 0) is 12.2 Å². The number of rotatable bonds is 6. The quantitative estimate of drug-likeness (QED) is 0.555. The number of benzene rings is 1. The highest BCUT2D eigenvalue weighted by atomic mass is 35.5. The summed E-state index contributed by atoms with van der Waals surface area (Å²) in [6.45, 7) is 2.01. The van der Waals surface area contributed by atoms with Crippen LogP contribution in [0.25, 0.3) is 11.4 Å². The summed E-state index contributed by atoms with van der Waals surface area (Å²) in [7, 11) is 0. The highest BCUT2D eigenvalue weighted by Gasteiger charge is 2.26. The monoisotopic (exact) mass is 389 g/mol. The van der Waals surface area contributed by atoms with E-state index in [0.29, 0.717) is 22.7 Å². The minimum atomic E-state index is 0.410. The van der Waals surface area contributed by atoms with Gasteiger partial charge in [0.05, 0.1) is 10.8 Å². The molecular formula is C18H20ClN5OS. The highest BCUT2D eigenvalue weighted by molar-refractivity contribution is 7.98. The van der Waals surface area contributed by atoms with Crippen LogP contribution >= 0.6 is 23.4 Å². The molecule has 1 aromatic carbocycles. The molecule has 1 aliphatic rings. The zero-order chi connectivity index (χ0) is 17.9. The van der Waals surface area contributed by atoms with Gasteiger partial charge in [0.1, 0.15) is 0 Å². The SMILES string of the molecule is CCc1noc(CSc2nnc(-c3ccccc3Cl)n2C2CCCC2)n1. The summed E-state index contributed by atoms with van der Waals surface area (Å²) in [5, 5.41) is 14.4. The van der Waals surface area contributed by atoms with Gasteiger partial charge in [0, 0.05) is 18.0 Å². The molecule has 0 amide bonds. The van der Waals surface area contributed by atoms with E-state index in [2.05, 4.69) is 24.9 Å². The van der Waals surface area contributed by atoms with Crippen LogP contribution in [-0.4, -0.2) is 24.9 Å². The Kier molecular flexibility index (Phi) is 5.26. The molecule has 1 fully saturated rings. The lowest BCUT2D eigenvalue weighted by molar-refractivity contribution is 0.385. The second-order valence-corrected chi connectivity index (χ2v) is 7.69. The topological polar surface area (TPSA) is 69.6 Å². The van der Waals surface area contributed by atoms with Gasteiger partial charge in [-0.1, -0.05) is 60.4 Å². The number of aromatic nitrogens is 5. The zero-order valence-electron chi connectivity index (χ0n) is 14.6. The van der Waals surface area contributed by atoms with E-state index in [4.69, 9.17) is 16.1 Å². The van der Waals surface area contributed by atoms with Crippen molar-refractivity contribution in [2.24, 2.45) is 0 Å². The van der Waals surface area contributed by atoms with E-state index in [9.17, 15) is 0 Å². The Morgan fingerprint density at radius 1 is 1.23 bits per heavy atom. The third kappa shape index (κ3) is 3.50. The van der Waals surface area contributed by atoms with Gasteiger partial charge in [0.25, 0.3) is 0 Å². The molecule has 0 bridgehead atoms. The molecule has 6 nitrogen and oxygen atoms in total. The highest BCUT2D eigenvalue weighted by Crippen LogP contribution is 2.38. The molecule has 0 spiro atoms. The molecular weight excluding hydrogens is 370 g/mol. The van der Waals surface area contributed by atoms with Crippen LogP contribution in [0.4, 0.5) is 0 Å². The molecule has 136 valence electrons. The van der Waals surface area contributed by atoms with E-state index in [1.54, 1.807) is 11.8 Å². The Hall–Kier alpha value is -1.86. The van der Waals surface area contributed by atoms with Crippen molar-refractivity contribution in [2.45, 2.75) is 56.0 Å². The van der Waals surface area contributed by atoms with Crippen LogP contribution in [0.2, 0.25) is 5.02 Å². The van der Waals surface area contributed by atoms with E-state index in [0.717, 1.165) is 41.6 Å². The molecule has 8 heteroatoms. The Labute approximate surface area is 161 Å². The largest absolute Gasteiger partial charge is 0.338 e. The van der Waals surface area contributed by atoms with Crippen molar-refractivity contribution in [1.29, 1.82) is 0 Å². The van der Waals surface area contributed by atoms with Crippen molar-refractivity contribution >= 4 is 23.4 Å². The van der Waals surface area contributed by atoms with Crippen LogP contribution in [0.1, 0.15) is 50.4 Å². The summed E-state index contributed by atoms with van der Waals surface area (Å²) in [5.41, 5.74) is 0.923. The van der Waals surface area contributed by atoms with Gasteiger partial charge in [0.2, 0.25) is 5.89 Å². The number of halogens is 1. The molecule has 2 heterocycles. The zero-order valence-corrected chi connectivity index (χ0v) is 16.1. The number of aryl methyl sites for hydroxylation is 1. The fourth-order valence-electron chi connectivity index (χ4n) is 3.31. The summed E-state index contributed by atoms with van der Waals surface area (Å²) in [5.74, 6) is 2.77. The number of hydrogen-bond donors (Lipinski definition) is 0. The first-order valence-corrected chi connectivity index (χ1v) is 10.3. The molecule has 0 radical (unpaired) electrons. The van der Waals surface area contributed by atoms with Crippen molar-refractivity contribution in [3.8, 4) is 11.4 Å². The lowest BCUT2D eigenvalue weighted by Gasteiger charge is -2.17. The lowest BCUT2D eigenvalue weighted by Crippen LogP contribution is -2.08. The summed E-state index contributed by atoms with van der Waals surface area (Å²) in [6.07, 6.45) is 5.52. The number of thioether (sulfide) groups is 1. The third-order valence-electron chi connectivity index (χ3n) is 4.62. The van der Waals surface area contributed by atoms with Crippen molar-refractivity contribution in [3.63, 3.8) is 0 Å². The van der Waals surface area contributed by atoms with E-state index < -0.39 is 0 Å². The molecule has 26 heavy (non-hydrogen) atoms. The Morgan fingerprint density at radius 3 is 2.77 bits per heavy atom. The molecule has 3 aromatic rings. The van der Waals surface area contributed by atoms with Gasteiger partial charge >= 0.3 is 0 Å². The first kappa shape index (κ1) is 17.5. The van der Waals surface area contributed by atoms with Crippen molar-refractivity contribution in [3.05, 3.63) is 41.0 Å². The van der Waals surface area contributed by atoms with Gasteiger partial charge in [0.15, 0.2) is 16.8 Å². The fourth-order valence-corrected chi connectivity index (χ4v) is 4.38. The van der Waals surface area contributed by atoms with Gasteiger partial charge < -0.3 is 4.52 Å². The molecule has 2 aromatic heterocycles. The maximum Gasteiger partial charge on any atom is 0.237 e. The summed E-state index contributed by atoms with van der Waals surface area (Å²) in [6, 6.07) is 8.21. The molecule has 0 unspecified atom stereocenters. The van der Waals surface area contributed by atoms with Crippen LogP contribution in [0.5, 0.6) is 0 Å². The van der Waals surface area contributed by atoms with Gasteiger partial charge in [-0.25, -0.2) is 0 Å². The number of nitrogens with zero attached hydrogens (tertiary/aromatic N) is 5. The van der Waals surface area contributed by atoms with Crippen LogP contribution in [0.15, 0.2) is 33.9 Å².